The van der Waals surface area contributed by atoms with Crippen molar-refractivity contribution in [3.63, 3.8) is 0 Å². The Morgan fingerprint density at radius 2 is 1.39 bits per heavy atom. The average molecular weight is 783 g/mol. The van der Waals surface area contributed by atoms with Crippen LogP contribution >= 0.6 is 0 Å². The third-order valence-corrected chi connectivity index (χ3v) is 9.24. The number of ether oxygens (including phenoxy) is 2. The van der Waals surface area contributed by atoms with Crippen molar-refractivity contribution in [2.45, 2.75) is 117 Å². The fourth-order valence-corrected chi connectivity index (χ4v) is 5.66. The summed E-state index contributed by atoms with van der Waals surface area (Å²) in [5, 5.41) is 9.95. The number of carboxylic acid groups (broad SMARTS) is 1. The molecule has 0 aliphatic carbocycles. The Morgan fingerprint density at radius 1 is 0.852 bits per heavy atom. The first-order chi connectivity index (χ1) is 24.6. The molecule has 54 heavy (non-hydrogen) atoms. The van der Waals surface area contributed by atoms with E-state index in [1.165, 1.54) is 0 Å². The number of hydrogen-bond acceptors (Lipinski definition) is 9. The number of amides is 3. The molecular formula is C38H57F3N4O8Si. The zero-order valence-electron chi connectivity index (χ0n) is 32.7. The Hall–Kier alpha value is -4.44. The molecule has 0 aromatic heterocycles. The van der Waals surface area contributed by atoms with E-state index >= 15 is 0 Å². The van der Waals surface area contributed by atoms with Crippen molar-refractivity contribution in [1.82, 2.24) is 10.2 Å². The molecular weight excluding hydrogens is 726 g/mol. The minimum Gasteiger partial charge on any atom is -0.475 e. The van der Waals surface area contributed by atoms with Gasteiger partial charge in [-0.05, 0) is 53.0 Å². The van der Waals surface area contributed by atoms with Gasteiger partial charge in [0.05, 0.1) is 12.6 Å². The van der Waals surface area contributed by atoms with E-state index in [4.69, 9.17) is 30.8 Å². The van der Waals surface area contributed by atoms with Crippen LogP contribution in [0.5, 0.6) is 0 Å². The molecule has 302 valence electrons. The van der Waals surface area contributed by atoms with Crippen LogP contribution in [0.15, 0.2) is 54.6 Å². The summed E-state index contributed by atoms with van der Waals surface area (Å²) in [6.07, 6.45) is -5.62. The number of nitrogens with zero attached hydrogens (tertiary/aromatic N) is 1. The van der Waals surface area contributed by atoms with Crippen LogP contribution in [-0.4, -0.2) is 78.8 Å². The maximum Gasteiger partial charge on any atom is 0.490 e. The van der Waals surface area contributed by atoms with E-state index < -0.39 is 67.6 Å². The number of imide groups is 1. The van der Waals surface area contributed by atoms with Gasteiger partial charge in [0.1, 0.15) is 18.7 Å². The summed E-state index contributed by atoms with van der Waals surface area (Å²) in [4.78, 5) is 65.3. The van der Waals surface area contributed by atoms with E-state index in [9.17, 15) is 32.3 Å². The van der Waals surface area contributed by atoms with Crippen LogP contribution in [0.1, 0.15) is 65.5 Å². The molecule has 2 rings (SSSR count). The number of nitrogens with two attached hydrogens (primary N) is 2. The standard InChI is InChI=1S/C36H56N4O6Si.C2HF3O2/c1-35(2,3)22-28(38)32(42)40(34(44)46-24-25-14-11-10-12-15-25)30(23-36(4,5)6)31(41)39-29(21-26-16-13-17-27(37)20-26)33(43)45-18-19-47(7,8)9;3-2(4,5)1(6)7/h10-17,20,28-30H,18-19,21-24,37-38H2,1-9H3,(H,39,41);(H,6,7)/t28-,29+,30+;/m1./s1. The SMILES string of the molecule is CC(C)(C)C[C@@H](N)C(=O)N(C(=O)OCc1ccccc1)[C@@H](CC(C)(C)C)C(=O)N[C@@H](Cc1cccc(N)c1)C(=O)OCC[Si](C)(C)C.O=C(O)C(F)(F)F. The van der Waals surface area contributed by atoms with Gasteiger partial charge >= 0.3 is 24.2 Å². The molecule has 3 amide bonds. The normalized spacial score (nSPS) is 13.6. The topological polar surface area (TPSA) is 191 Å². The molecule has 2 aromatic rings. The lowest BCUT2D eigenvalue weighted by atomic mass is 9.85. The lowest BCUT2D eigenvalue weighted by molar-refractivity contribution is -0.192. The van der Waals surface area contributed by atoms with Crippen LogP contribution in [0, 0.1) is 10.8 Å². The Balaban J connectivity index is 0.00000189. The lowest BCUT2D eigenvalue weighted by Gasteiger charge is -2.35. The molecule has 12 nitrogen and oxygen atoms in total. The maximum absolute atomic E-state index is 14.3. The number of halogens is 3. The fraction of sp³-hybridized carbons (Fsp3) is 0.553. The summed E-state index contributed by atoms with van der Waals surface area (Å²) in [6, 6.07) is 13.3. The summed E-state index contributed by atoms with van der Waals surface area (Å²) in [5.74, 6) is -4.79. The number of carbonyl (C=O) groups excluding carboxylic acids is 4. The molecule has 0 unspecified atom stereocenters. The second-order valence-electron chi connectivity index (χ2n) is 16.7. The summed E-state index contributed by atoms with van der Waals surface area (Å²) < 4.78 is 43.0. The zero-order chi connectivity index (χ0) is 41.7. The second-order valence-corrected chi connectivity index (χ2v) is 22.3. The van der Waals surface area contributed by atoms with Crippen molar-refractivity contribution in [1.29, 1.82) is 0 Å². The highest BCUT2D eigenvalue weighted by molar-refractivity contribution is 6.76. The Kier molecular flexibility index (Phi) is 17.9. The van der Waals surface area contributed by atoms with Crippen molar-refractivity contribution < 1.29 is 51.7 Å². The number of hydrogen-bond donors (Lipinski definition) is 4. The summed E-state index contributed by atoms with van der Waals surface area (Å²) in [6.45, 7) is 18.2. The highest BCUT2D eigenvalue weighted by atomic mass is 28.3. The second kappa shape index (κ2) is 20.3. The minimum atomic E-state index is -5.08. The predicted octanol–water partition coefficient (Wildman–Crippen LogP) is 6.54. The molecule has 0 aliphatic heterocycles. The number of esters is 1. The number of rotatable bonds is 14. The summed E-state index contributed by atoms with van der Waals surface area (Å²) in [5.41, 5.74) is 13.5. The Labute approximate surface area is 317 Å². The number of carboxylic acids is 1. The van der Waals surface area contributed by atoms with E-state index in [2.05, 4.69) is 25.0 Å². The molecule has 2 aromatic carbocycles. The van der Waals surface area contributed by atoms with Gasteiger partial charge in [0, 0.05) is 20.2 Å². The van der Waals surface area contributed by atoms with Crippen LogP contribution in [-0.2, 0) is 41.7 Å². The van der Waals surface area contributed by atoms with Gasteiger partial charge in [-0.2, -0.15) is 13.2 Å². The van der Waals surface area contributed by atoms with Crippen LogP contribution < -0.4 is 16.8 Å². The number of nitrogen functional groups attached to an aromatic ring is 1. The zero-order valence-corrected chi connectivity index (χ0v) is 33.7. The van der Waals surface area contributed by atoms with Crippen molar-refractivity contribution in [2.75, 3.05) is 12.3 Å². The molecule has 0 saturated heterocycles. The van der Waals surface area contributed by atoms with Crippen molar-refractivity contribution in [3.8, 4) is 0 Å². The van der Waals surface area contributed by atoms with Crippen molar-refractivity contribution in [3.05, 3.63) is 65.7 Å². The molecule has 0 bridgehead atoms. The van der Waals surface area contributed by atoms with Gasteiger partial charge in [-0.1, -0.05) is 104 Å². The van der Waals surface area contributed by atoms with E-state index in [-0.39, 0.29) is 37.9 Å². The fourth-order valence-electron chi connectivity index (χ4n) is 4.94. The molecule has 0 spiro atoms. The third-order valence-electron chi connectivity index (χ3n) is 7.54. The Bertz CT molecular complexity index is 1550. The molecule has 0 heterocycles. The quantitative estimate of drug-likeness (QED) is 0.0929. The maximum atomic E-state index is 14.3. The smallest absolute Gasteiger partial charge is 0.475 e. The number of carbonyl (C=O) groups is 5. The summed E-state index contributed by atoms with van der Waals surface area (Å²) in [7, 11) is -1.51. The first-order valence-electron chi connectivity index (χ1n) is 17.5. The largest absolute Gasteiger partial charge is 0.490 e. The highest BCUT2D eigenvalue weighted by Crippen LogP contribution is 2.27. The van der Waals surface area contributed by atoms with Gasteiger partial charge < -0.3 is 31.4 Å². The average Bonchev–Trinajstić information content (AvgIpc) is 3.01. The van der Waals surface area contributed by atoms with Crippen LogP contribution in [0.3, 0.4) is 0 Å². The minimum absolute atomic E-state index is 0.0862. The lowest BCUT2D eigenvalue weighted by Crippen LogP contribution is -2.59. The van der Waals surface area contributed by atoms with E-state index in [0.29, 0.717) is 16.8 Å². The number of nitrogens with one attached hydrogen (secondary N) is 1. The van der Waals surface area contributed by atoms with Crippen molar-refractivity contribution >= 4 is 43.6 Å². The van der Waals surface area contributed by atoms with Gasteiger partial charge in [0.25, 0.3) is 0 Å². The number of alkyl halides is 3. The molecule has 3 atom stereocenters. The van der Waals surface area contributed by atoms with E-state index in [1.807, 2.05) is 59.7 Å². The monoisotopic (exact) mass is 782 g/mol. The number of anilines is 1. The van der Waals surface area contributed by atoms with Gasteiger partial charge in [0.2, 0.25) is 11.8 Å². The molecule has 0 aliphatic rings. The predicted molar refractivity (Wildman–Crippen MR) is 203 cm³/mol. The number of aliphatic carboxylic acids is 1. The van der Waals surface area contributed by atoms with Gasteiger partial charge in [0.15, 0.2) is 0 Å². The first kappa shape index (κ1) is 47.6. The molecule has 0 radical (unpaired) electrons. The molecule has 6 N–H and O–H groups in total. The molecule has 16 heteroatoms. The van der Waals surface area contributed by atoms with Gasteiger partial charge in [-0.25, -0.2) is 19.3 Å². The van der Waals surface area contributed by atoms with Gasteiger partial charge in [-0.3, -0.25) is 9.59 Å². The van der Waals surface area contributed by atoms with E-state index in [0.717, 1.165) is 10.9 Å². The van der Waals surface area contributed by atoms with Gasteiger partial charge in [-0.15, -0.1) is 0 Å². The van der Waals surface area contributed by atoms with Crippen LogP contribution in [0.2, 0.25) is 25.7 Å². The van der Waals surface area contributed by atoms with E-state index in [1.54, 1.807) is 36.4 Å². The molecule has 0 fully saturated rings. The third kappa shape index (κ3) is 19.1. The molecule has 0 saturated carbocycles. The number of benzene rings is 2. The summed E-state index contributed by atoms with van der Waals surface area (Å²) >= 11 is 0. The van der Waals surface area contributed by atoms with Crippen molar-refractivity contribution in [2.24, 2.45) is 16.6 Å². The van der Waals surface area contributed by atoms with Crippen LogP contribution in [0.4, 0.5) is 23.7 Å². The Morgan fingerprint density at radius 3 is 1.87 bits per heavy atom. The van der Waals surface area contributed by atoms with Crippen LogP contribution in [0.25, 0.3) is 0 Å². The first-order valence-corrected chi connectivity index (χ1v) is 21.2. The highest BCUT2D eigenvalue weighted by Gasteiger charge is 2.42.